The zero-order valence-electron chi connectivity index (χ0n) is 11.2. The fraction of sp³-hybridized carbons (Fsp3) is 0.533. The van der Waals surface area contributed by atoms with Crippen molar-refractivity contribution in [2.75, 3.05) is 6.61 Å². The number of hydrogen-bond acceptors (Lipinski definition) is 2. The lowest BCUT2D eigenvalue weighted by Crippen LogP contribution is -2.09. The maximum atomic E-state index is 12.0. The highest BCUT2D eigenvalue weighted by molar-refractivity contribution is 5.96. The van der Waals surface area contributed by atoms with Gasteiger partial charge in [-0.25, -0.2) is 0 Å². The number of Topliss-reactive ketones (excluding diaryl/α,β-unsaturated/α-hetero) is 1. The van der Waals surface area contributed by atoms with E-state index in [1.807, 2.05) is 31.2 Å². The normalized spacial score (nSPS) is 11.3. The van der Waals surface area contributed by atoms with Crippen LogP contribution < -0.4 is 4.74 Å². The Morgan fingerprint density at radius 1 is 1.29 bits per heavy atom. The van der Waals surface area contributed by atoms with E-state index in [-0.39, 0.29) is 11.2 Å². The lowest BCUT2D eigenvalue weighted by atomic mass is 9.88. The minimum absolute atomic E-state index is 0.196. The molecule has 0 amide bonds. The Kier molecular flexibility index (Phi) is 4.73. The number of ketones is 1. The summed E-state index contributed by atoms with van der Waals surface area (Å²) in [5.41, 5.74) is 0.952. The second kappa shape index (κ2) is 5.85. The van der Waals surface area contributed by atoms with Crippen LogP contribution in [0.5, 0.6) is 5.75 Å². The molecule has 0 aliphatic heterocycles. The Morgan fingerprint density at radius 2 is 2.00 bits per heavy atom. The minimum atomic E-state index is 0.196. The van der Waals surface area contributed by atoms with E-state index in [4.69, 9.17) is 4.74 Å². The molecule has 0 saturated heterocycles. The molecule has 2 nitrogen and oxygen atoms in total. The van der Waals surface area contributed by atoms with Gasteiger partial charge in [-0.2, -0.15) is 0 Å². The van der Waals surface area contributed by atoms with E-state index in [9.17, 15) is 4.79 Å². The molecule has 0 heterocycles. The van der Waals surface area contributed by atoms with Gasteiger partial charge in [-0.15, -0.1) is 0 Å². The molecule has 0 atom stereocenters. The summed E-state index contributed by atoms with van der Waals surface area (Å²) < 4.78 is 5.39. The van der Waals surface area contributed by atoms with E-state index in [1.54, 1.807) is 0 Å². The lowest BCUT2D eigenvalue weighted by molar-refractivity contribution is 0.0965. The number of rotatable bonds is 5. The molecule has 1 rings (SSSR count). The molecule has 0 aliphatic carbocycles. The molecule has 2 heteroatoms. The molecule has 0 aromatic heterocycles. The maximum absolute atomic E-state index is 12.0. The molecule has 17 heavy (non-hydrogen) atoms. The Morgan fingerprint density at radius 3 is 2.59 bits per heavy atom. The minimum Gasteiger partial charge on any atom is -0.494 e. The third-order valence-corrected chi connectivity index (χ3v) is 2.57. The first-order chi connectivity index (χ1) is 7.92. The monoisotopic (exact) mass is 234 g/mol. The Labute approximate surface area is 104 Å². The van der Waals surface area contributed by atoms with Crippen molar-refractivity contribution in [1.82, 2.24) is 0 Å². The number of benzene rings is 1. The molecule has 0 bridgehead atoms. The van der Waals surface area contributed by atoms with Crippen LogP contribution in [-0.2, 0) is 0 Å². The fourth-order valence-corrected chi connectivity index (χ4v) is 1.56. The van der Waals surface area contributed by atoms with Crippen LogP contribution in [0.4, 0.5) is 0 Å². The van der Waals surface area contributed by atoms with E-state index in [0.717, 1.165) is 17.7 Å². The first-order valence-corrected chi connectivity index (χ1v) is 6.18. The van der Waals surface area contributed by atoms with Gasteiger partial charge in [-0.1, -0.05) is 32.9 Å². The van der Waals surface area contributed by atoms with Crippen molar-refractivity contribution in [3.8, 4) is 5.75 Å². The second-order valence-corrected chi connectivity index (χ2v) is 5.44. The van der Waals surface area contributed by atoms with E-state index in [0.29, 0.717) is 13.0 Å². The summed E-state index contributed by atoms with van der Waals surface area (Å²) in [6, 6.07) is 7.43. The maximum Gasteiger partial charge on any atom is 0.163 e. The molecule has 0 N–H and O–H groups in total. The molecule has 0 spiro atoms. The van der Waals surface area contributed by atoms with Crippen molar-refractivity contribution in [3.63, 3.8) is 0 Å². The summed E-state index contributed by atoms with van der Waals surface area (Å²) in [5, 5.41) is 0. The first kappa shape index (κ1) is 13.8. The van der Waals surface area contributed by atoms with Crippen LogP contribution in [0.15, 0.2) is 24.3 Å². The average Bonchev–Trinajstić information content (AvgIpc) is 2.26. The van der Waals surface area contributed by atoms with Crippen molar-refractivity contribution < 1.29 is 9.53 Å². The standard InChI is InChI=1S/C15H22O2/c1-5-17-13-8-6-7-12(11-13)14(16)9-10-15(2,3)4/h6-8,11H,5,9-10H2,1-4H3. The molecule has 0 unspecified atom stereocenters. The third kappa shape index (κ3) is 5.03. The Hall–Kier alpha value is -1.31. The van der Waals surface area contributed by atoms with Crippen molar-refractivity contribution in [2.45, 2.75) is 40.5 Å². The molecule has 0 saturated carbocycles. The van der Waals surface area contributed by atoms with Gasteiger partial charge in [-0.3, -0.25) is 4.79 Å². The highest BCUT2D eigenvalue weighted by Gasteiger charge is 2.14. The van der Waals surface area contributed by atoms with Crippen LogP contribution in [0.3, 0.4) is 0 Å². The highest BCUT2D eigenvalue weighted by atomic mass is 16.5. The molecule has 0 fully saturated rings. The van der Waals surface area contributed by atoms with Crippen LogP contribution in [0.1, 0.15) is 50.9 Å². The Balaban J connectivity index is 2.65. The van der Waals surface area contributed by atoms with Gasteiger partial charge >= 0.3 is 0 Å². The SMILES string of the molecule is CCOc1cccc(C(=O)CCC(C)(C)C)c1. The zero-order chi connectivity index (χ0) is 12.9. The van der Waals surface area contributed by atoms with Crippen molar-refractivity contribution in [1.29, 1.82) is 0 Å². The van der Waals surface area contributed by atoms with Crippen molar-refractivity contribution in [2.24, 2.45) is 5.41 Å². The lowest BCUT2D eigenvalue weighted by Gasteiger charge is -2.17. The summed E-state index contributed by atoms with van der Waals surface area (Å²) in [7, 11) is 0. The Bertz CT molecular complexity index is 375. The van der Waals surface area contributed by atoms with Crippen LogP contribution >= 0.6 is 0 Å². The molecule has 1 aromatic rings. The molecular formula is C15H22O2. The van der Waals surface area contributed by atoms with Gasteiger partial charge in [0.25, 0.3) is 0 Å². The summed E-state index contributed by atoms with van der Waals surface area (Å²) in [6.45, 7) is 9.01. The summed E-state index contributed by atoms with van der Waals surface area (Å²) in [6.07, 6.45) is 1.50. The van der Waals surface area contributed by atoms with Gasteiger partial charge in [-0.05, 0) is 30.9 Å². The molecule has 0 aliphatic rings. The van der Waals surface area contributed by atoms with E-state index in [2.05, 4.69) is 20.8 Å². The van der Waals surface area contributed by atoms with Crippen LogP contribution in [-0.4, -0.2) is 12.4 Å². The number of carbonyl (C=O) groups is 1. The van der Waals surface area contributed by atoms with Crippen LogP contribution in [0.25, 0.3) is 0 Å². The van der Waals surface area contributed by atoms with Gasteiger partial charge in [0.05, 0.1) is 6.61 Å². The average molecular weight is 234 g/mol. The van der Waals surface area contributed by atoms with Crippen molar-refractivity contribution in [3.05, 3.63) is 29.8 Å². The molecule has 1 aromatic carbocycles. The number of ether oxygens (including phenoxy) is 1. The molecular weight excluding hydrogens is 212 g/mol. The van der Waals surface area contributed by atoms with Crippen LogP contribution in [0, 0.1) is 5.41 Å². The number of carbonyl (C=O) groups excluding carboxylic acids is 1. The van der Waals surface area contributed by atoms with E-state index < -0.39 is 0 Å². The fourth-order valence-electron chi connectivity index (χ4n) is 1.56. The summed E-state index contributed by atoms with van der Waals surface area (Å²) in [4.78, 5) is 12.0. The number of hydrogen-bond donors (Lipinski definition) is 0. The zero-order valence-corrected chi connectivity index (χ0v) is 11.2. The second-order valence-electron chi connectivity index (χ2n) is 5.44. The van der Waals surface area contributed by atoms with Gasteiger partial charge in [0, 0.05) is 12.0 Å². The molecule has 0 radical (unpaired) electrons. The van der Waals surface area contributed by atoms with Gasteiger partial charge in [0.15, 0.2) is 5.78 Å². The third-order valence-electron chi connectivity index (χ3n) is 2.57. The van der Waals surface area contributed by atoms with E-state index in [1.165, 1.54) is 0 Å². The van der Waals surface area contributed by atoms with Crippen molar-refractivity contribution >= 4 is 5.78 Å². The molecule has 94 valence electrons. The van der Waals surface area contributed by atoms with Gasteiger partial charge in [0.2, 0.25) is 0 Å². The topological polar surface area (TPSA) is 26.3 Å². The predicted molar refractivity (Wildman–Crippen MR) is 70.6 cm³/mol. The first-order valence-electron chi connectivity index (χ1n) is 6.18. The highest BCUT2D eigenvalue weighted by Crippen LogP contribution is 2.23. The smallest absolute Gasteiger partial charge is 0.163 e. The van der Waals surface area contributed by atoms with Gasteiger partial charge in [0.1, 0.15) is 5.75 Å². The summed E-state index contributed by atoms with van der Waals surface area (Å²) in [5.74, 6) is 0.968. The van der Waals surface area contributed by atoms with E-state index >= 15 is 0 Å². The summed E-state index contributed by atoms with van der Waals surface area (Å²) >= 11 is 0. The largest absolute Gasteiger partial charge is 0.494 e. The predicted octanol–water partition coefficient (Wildman–Crippen LogP) is 4.09. The quantitative estimate of drug-likeness (QED) is 0.717. The van der Waals surface area contributed by atoms with Crippen LogP contribution in [0.2, 0.25) is 0 Å². The van der Waals surface area contributed by atoms with Gasteiger partial charge < -0.3 is 4.74 Å².